The van der Waals surface area contributed by atoms with Crippen LogP contribution < -0.4 is 15.8 Å². The number of rotatable bonds is 6. The molecule has 0 spiro atoms. The summed E-state index contributed by atoms with van der Waals surface area (Å²) in [6, 6.07) is 13.6. The molecule has 4 N–H and O–H groups in total. The van der Waals surface area contributed by atoms with Gasteiger partial charge in [-0.2, -0.15) is 0 Å². The van der Waals surface area contributed by atoms with E-state index in [4.69, 9.17) is 10.5 Å². The predicted octanol–water partition coefficient (Wildman–Crippen LogP) is 1.59. The van der Waals surface area contributed by atoms with Gasteiger partial charge in [0.25, 0.3) is 0 Å². The number of amides is 1. The molecule has 1 atom stereocenters. The third-order valence-electron chi connectivity index (χ3n) is 3.37. The standard InChI is InChI=1S/C17H20N2O3/c1-22-14-7-4-5-12(9-14)11-19-17(21)15(18)10-13-6-2-3-8-16(13)20/h2-9,15,20H,10-11,18H2,1H3,(H,19,21). The van der Waals surface area contributed by atoms with Gasteiger partial charge in [0, 0.05) is 13.0 Å². The van der Waals surface area contributed by atoms with Crippen LogP contribution in [0.15, 0.2) is 48.5 Å². The van der Waals surface area contributed by atoms with Gasteiger partial charge >= 0.3 is 0 Å². The topological polar surface area (TPSA) is 84.6 Å². The number of hydrogen-bond acceptors (Lipinski definition) is 4. The first-order valence-electron chi connectivity index (χ1n) is 7.03. The van der Waals surface area contributed by atoms with Crippen molar-refractivity contribution in [2.45, 2.75) is 19.0 Å². The fraction of sp³-hybridized carbons (Fsp3) is 0.235. The Morgan fingerprint density at radius 1 is 1.27 bits per heavy atom. The Balaban J connectivity index is 1.90. The van der Waals surface area contributed by atoms with Gasteiger partial charge in [0.15, 0.2) is 0 Å². The molecule has 116 valence electrons. The highest BCUT2D eigenvalue weighted by atomic mass is 16.5. The minimum atomic E-state index is -0.709. The summed E-state index contributed by atoms with van der Waals surface area (Å²) in [6.45, 7) is 0.379. The molecule has 0 fully saturated rings. The molecule has 2 aromatic rings. The molecule has 5 heteroatoms. The highest BCUT2D eigenvalue weighted by molar-refractivity contribution is 5.81. The molecule has 0 aliphatic rings. The smallest absolute Gasteiger partial charge is 0.237 e. The summed E-state index contributed by atoms with van der Waals surface area (Å²) < 4.78 is 5.14. The summed E-state index contributed by atoms with van der Waals surface area (Å²) in [5.74, 6) is 0.634. The SMILES string of the molecule is COc1cccc(CNC(=O)C(N)Cc2ccccc2O)c1. The van der Waals surface area contributed by atoms with Crippen molar-refractivity contribution in [3.63, 3.8) is 0 Å². The van der Waals surface area contributed by atoms with Crippen LogP contribution in [0, 0.1) is 0 Å². The molecule has 0 saturated heterocycles. The van der Waals surface area contributed by atoms with Crippen molar-refractivity contribution < 1.29 is 14.6 Å². The van der Waals surface area contributed by atoms with Gasteiger partial charge in [-0.15, -0.1) is 0 Å². The van der Waals surface area contributed by atoms with E-state index in [9.17, 15) is 9.90 Å². The van der Waals surface area contributed by atoms with Crippen molar-refractivity contribution >= 4 is 5.91 Å². The van der Waals surface area contributed by atoms with Crippen LogP contribution in [-0.4, -0.2) is 24.2 Å². The minimum absolute atomic E-state index is 0.151. The average molecular weight is 300 g/mol. The molecule has 5 nitrogen and oxygen atoms in total. The number of ether oxygens (including phenoxy) is 1. The molecule has 0 radical (unpaired) electrons. The fourth-order valence-corrected chi connectivity index (χ4v) is 2.12. The number of para-hydroxylation sites is 1. The first-order chi connectivity index (χ1) is 10.6. The number of carbonyl (C=O) groups is 1. The quantitative estimate of drug-likeness (QED) is 0.756. The van der Waals surface area contributed by atoms with E-state index in [1.165, 1.54) is 0 Å². The van der Waals surface area contributed by atoms with Crippen molar-refractivity contribution in [1.82, 2.24) is 5.32 Å². The number of hydrogen-bond donors (Lipinski definition) is 3. The number of aromatic hydroxyl groups is 1. The van der Waals surface area contributed by atoms with Gasteiger partial charge in [0.05, 0.1) is 13.2 Å². The number of benzene rings is 2. The maximum atomic E-state index is 12.0. The number of nitrogens with two attached hydrogens (primary N) is 1. The summed E-state index contributed by atoms with van der Waals surface area (Å²) in [7, 11) is 1.60. The fourth-order valence-electron chi connectivity index (χ4n) is 2.12. The lowest BCUT2D eigenvalue weighted by molar-refractivity contribution is -0.122. The summed E-state index contributed by atoms with van der Waals surface area (Å²) in [5.41, 5.74) is 7.48. The van der Waals surface area contributed by atoms with Crippen LogP contribution in [0.2, 0.25) is 0 Å². The second-order valence-electron chi connectivity index (χ2n) is 5.01. The van der Waals surface area contributed by atoms with Crippen LogP contribution in [0.5, 0.6) is 11.5 Å². The summed E-state index contributed by atoms with van der Waals surface area (Å²) in [4.78, 5) is 12.0. The Morgan fingerprint density at radius 2 is 2.05 bits per heavy atom. The van der Waals surface area contributed by atoms with Crippen molar-refractivity contribution in [2.75, 3.05) is 7.11 Å². The van der Waals surface area contributed by atoms with E-state index in [1.807, 2.05) is 24.3 Å². The van der Waals surface area contributed by atoms with Crippen molar-refractivity contribution in [2.24, 2.45) is 5.73 Å². The largest absolute Gasteiger partial charge is 0.508 e. The van der Waals surface area contributed by atoms with E-state index in [-0.39, 0.29) is 18.1 Å². The molecule has 0 aromatic heterocycles. The number of carbonyl (C=O) groups excluding carboxylic acids is 1. The molecule has 1 amide bonds. The van der Waals surface area contributed by atoms with Crippen LogP contribution in [0.25, 0.3) is 0 Å². The highest BCUT2D eigenvalue weighted by Gasteiger charge is 2.15. The lowest BCUT2D eigenvalue weighted by atomic mass is 10.0. The molecular formula is C17H20N2O3. The van der Waals surface area contributed by atoms with Crippen molar-refractivity contribution in [3.05, 3.63) is 59.7 Å². The van der Waals surface area contributed by atoms with Gasteiger partial charge in [-0.1, -0.05) is 30.3 Å². The van der Waals surface area contributed by atoms with E-state index in [2.05, 4.69) is 5.32 Å². The molecule has 0 aliphatic heterocycles. The molecule has 0 heterocycles. The molecular weight excluding hydrogens is 280 g/mol. The predicted molar refractivity (Wildman–Crippen MR) is 84.6 cm³/mol. The van der Waals surface area contributed by atoms with E-state index in [0.29, 0.717) is 12.1 Å². The van der Waals surface area contributed by atoms with Gasteiger partial charge in [0.1, 0.15) is 11.5 Å². The first kappa shape index (κ1) is 15.9. The number of phenols is 1. The zero-order valence-electron chi connectivity index (χ0n) is 12.5. The zero-order chi connectivity index (χ0) is 15.9. The van der Waals surface area contributed by atoms with Crippen molar-refractivity contribution in [3.8, 4) is 11.5 Å². The monoisotopic (exact) mass is 300 g/mol. The summed E-state index contributed by atoms with van der Waals surface area (Å²) in [6.07, 6.45) is 0.288. The normalized spacial score (nSPS) is 11.7. The van der Waals surface area contributed by atoms with Crippen LogP contribution in [-0.2, 0) is 17.8 Å². The van der Waals surface area contributed by atoms with Gasteiger partial charge in [-0.3, -0.25) is 4.79 Å². The van der Waals surface area contributed by atoms with Crippen LogP contribution in [0.3, 0.4) is 0 Å². The Kier molecular flexibility index (Phi) is 5.38. The van der Waals surface area contributed by atoms with E-state index in [1.54, 1.807) is 31.4 Å². The second-order valence-corrected chi connectivity index (χ2v) is 5.01. The highest BCUT2D eigenvalue weighted by Crippen LogP contribution is 2.17. The maximum Gasteiger partial charge on any atom is 0.237 e. The lowest BCUT2D eigenvalue weighted by Gasteiger charge is -2.13. The molecule has 2 aromatic carbocycles. The Bertz CT molecular complexity index is 643. The summed E-state index contributed by atoms with van der Waals surface area (Å²) >= 11 is 0. The Morgan fingerprint density at radius 3 is 2.77 bits per heavy atom. The third-order valence-corrected chi connectivity index (χ3v) is 3.37. The lowest BCUT2D eigenvalue weighted by Crippen LogP contribution is -2.41. The van der Waals surface area contributed by atoms with Crippen LogP contribution in [0.1, 0.15) is 11.1 Å². The third kappa shape index (κ3) is 4.23. The molecule has 2 rings (SSSR count). The van der Waals surface area contributed by atoms with Gasteiger partial charge < -0.3 is 20.9 Å². The van der Waals surface area contributed by atoms with E-state index >= 15 is 0 Å². The molecule has 1 unspecified atom stereocenters. The Hall–Kier alpha value is -2.53. The molecule has 22 heavy (non-hydrogen) atoms. The first-order valence-corrected chi connectivity index (χ1v) is 7.03. The summed E-state index contributed by atoms with van der Waals surface area (Å²) in [5, 5.41) is 12.5. The van der Waals surface area contributed by atoms with Crippen molar-refractivity contribution in [1.29, 1.82) is 0 Å². The van der Waals surface area contributed by atoms with Gasteiger partial charge in [-0.05, 0) is 29.3 Å². The molecule has 0 bridgehead atoms. The van der Waals surface area contributed by atoms with Crippen LogP contribution >= 0.6 is 0 Å². The number of methoxy groups -OCH3 is 1. The van der Waals surface area contributed by atoms with Gasteiger partial charge in [0.2, 0.25) is 5.91 Å². The van der Waals surface area contributed by atoms with Gasteiger partial charge in [-0.25, -0.2) is 0 Å². The second kappa shape index (κ2) is 7.47. The maximum absolute atomic E-state index is 12.0. The number of phenolic OH excluding ortho intramolecular Hbond substituents is 1. The Labute approximate surface area is 129 Å². The zero-order valence-corrected chi connectivity index (χ0v) is 12.5. The molecule has 0 aliphatic carbocycles. The average Bonchev–Trinajstić information content (AvgIpc) is 2.54. The van der Waals surface area contributed by atoms with E-state index in [0.717, 1.165) is 11.3 Å². The minimum Gasteiger partial charge on any atom is -0.508 e. The van der Waals surface area contributed by atoms with Crippen LogP contribution in [0.4, 0.5) is 0 Å². The van der Waals surface area contributed by atoms with E-state index < -0.39 is 6.04 Å². The number of nitrogens with one attached hydrogen (secondary N) is 1. The molecule has 0 saturated carbocycles.